The summed E-state index contributed by atoms with van der Waals surface area (Å²) in [7, 11) is 0. The molecule has 0 spiro atoms. The van der Waals surface area contributed by atoms with Crippen LogP contribution in [0.2, 0.25) is 0 Å². The quantitative estimate of drug-likeness (QED) is 0.793. The van der Waals surface area contributed by atoms with Gasteiger partial charge in [-0.1, -0.05) is 35.9 Å². The molecule has 2 atom stereocenters. The van der Waals surface area contributed by atoms with Gasteiger partial charge in [-0.25, -0.2) is 0 Å². The lowest BCUT2D eigenvalue weighted by Crippen LogP contribution is -2.43. The Bertz CT molecular complexity index is 758. The molecule has 3 rings (SSSR count). The normalized spacial score (nSPS) is 19.4. The predicted octanol–water partition coefficient (Wildman–Crippen LogP) is 4.89. The molecule has 1 heterocycles. The second-order valence-electron chi connectivity index (χ2n) is 7.24. The number of aryl methyl sites for hydroxylation is 1. The molecule has 3 nitrogen and oxygen atoms in total. The monoisotopic (exact) mass is 355 g/mol. The molecule has 2 aromatic rings. The van der Waals surface area contributed by atoms with Crippen LogP contribution in [-0.4, -0.2) is 16.8 Å². The van der Waals surface area contributed by atoms with Crippen LogP contribution < -0.4 is 10.1 Å². The smallest absolute Gasteiger partial charge is 0.233 e. The third-order valence-electron chi connectivity index (χ3n) is 4.36. The largest absolute Gasteiger partial charge is 0.487 e. The van der Waals surface area contributed by atoms with E-state index in [1.165, 1.54) is 5.56 Å². The molecule has 1 aliphatic heterocycles. The van der Waals surface area contributed by atoms with Gasteiger partial charge in [0.25, 0.3) is 0 Å². The first-order valence-corrected chi connectivity index (χ1v) is 9.54. The molecule has 0 saturated carbocycles. The summed E-state index contributed by atoms with van der Waals surface area (Å²) in [5.74, 6) is 0.930. The van der Waals surface area contributed by atoms with Crippen molar-refractivity contribution in [2.45, 2.75) is 55.9 Å². The highest BCUT2D eigenvalue weighted by molar-refractivity contribution is 8.00. The van der Waals surface area contributed by atoms with Gasteiger partial charge in [-0.2, -0.15) is 0 Å². The van der Waals surface area contributed by atoms with Gasteiger partial charge in [0.05, 0.1) is 11.3 Å². The fraction of sp³-hybridized carbons (Fsp3) is 0.381. The van der Waals surface area contributed by atoms with E-state index < -0.39 is 0 Å². The lowest BCUT2D eigenvalue weighted by molar-refractivity contribution is -0.121. The molecule has 0 aromatic heterocycles. The van der Waals surface area contributed by atoms with Crippen LogP contribution in [0.5, 0.6) is 5.75 Å². The molecule has 1 N–H and O–H groups in total. The first-order chi connectivity index (χ1) is 11.8. The Morgan fingerprint density at radius 2 is 1.96 bits per heavy atom. The number of rotatable bonds is 4. The third-order valence-corrected chi connectivity index (χ3v) is 5.48. The van der Waals surface area contributed by atoms with Crippen molar-refractivity contribution in [1.82, 2.24) is 5.32 Å². The van der Waals surface area contributed by atoms with Crippen LogP contribution in [0.4, 0.5) is 0 Å². The molecule has 132 valence electrons. The Morgan fingerprint density at radius 3 is 2.68 bits per heavy atom. The van der Waals surface area contributed by atoms with E-state index in [4.69, 9.17) is 4.74 Å². The molecule has 4 heteroatoms. The van der Waals surface area contributed by atoms with Crippen LogP contribution >= 0.6 is 11.8 Å². The van der Waals surface area contributed by atoms with Crippen molar-refractivity contribution in [1.29, 1.82) is 0 Å². The molecule has 0 saturated heterocycles. The van der Waals surface area contributed by atoms with Crippen LogP contribution in [0, 0.1) is 6.92 Å². The Morgan fingerprint density at radius 1 is 1.24 bits per heavy atom. The number of carbonyl (C=O) groups excluding carboxylic acids is 1. The molecule has 0 aliphatic carbocycles. The van der Waals surface area contributed by atoms with Crippen molar-refractivity contribution in [3.05, 3.63) is 59.7 Å². The van der Waals surface area contributed by atoms with Crippen LogP contribution in [0.1, 0.15) is 44.4 Å². The minimum Gasteiger partial charge on any atom is -0.487 e. The standard InChI is InChI=1S/C21H25NO2S/c1-14-10-11-19-17(12-14)18(13-21(3,4)24-19)22-20(23)15(2)25-16-8-6-5-7-9-16/h5-12,15,18H,13H2,1-4H3,(H,22,23)/t15-,18+/m0/s1. The molecule has 1 amide bonds. The minimum atomic E-state index is -0.296. The molecule has 0 radical (unpaired) electrons. The Hall–Kier alpha value is -1.94. The SMILES string of the molecule is Cc1ccc2c(c1)[C@H](NC(=O)[C@H](C)Sc1ccccc1)CC(C)(C)O2. The van der Waals surface area contributed by atoms with Crippen molar-refractivity contribution in [3.63, 3.8) is 0 Å². The van der Waals surface area contributed by atoms with E-state index in [1.54, 1.807) is 11.8 Å². The number of hydrogen-bond donors (Lipinski definition) is 1. The zero-order chi connectivity index (χ0) is 18.0. The van der Waals surface area contributed by atoms with Gasteiger partial charge in [0.15, 0.2) is 0 Å². The summed E-state index contributed by atoms with van der Waals surface area (Å²) in [6.07, 6.45) is 0.762. The van der Waals surface area contributed by atoms with Gasteiger partial charge >= 0.3 is 0 Å². The average Bonchev–Trinajstić information content (AvgIpc) is 2.55. The summed E-state index contributed by atoms with van der Waals surface area (Å²) in [5.41, 5.74) is 1.95. The molecule has 0 fully saturated rings. The van der Waals surface area contributed by atoms with E-state index in [0.29, 0.717) is 0 Å². The van der Waals surface area contributed by atoms with E-state index in [1.807, 2.05) is 49.4 Å². The van der Waals surface area contributed by atoms with Gasteiger partial charge in [0, 0.05) is 16.9 Å². The summed E-state index contributed by atoms with van der Waals surface area (Å²) in [5, 5.41) is 3.09. The number of ether oxygens (including phenoxy) is 1. The molecular weight excluding hydrogens is 330 g/mol. The predicted molar refractivity (Wildman–Crippen MR) is 103 cm³/mol. The maximum Gasteiger partial charge on any atom is 0.233 e. The summed E-state index contributed by atoms with van der Waals surface area (Å²) in [6.45, 7) is 8.15. The maximum absolute atomic E-state index is 12.7. The highest BCUT2D eigenvalue weighted by atomic mass is 32.2. The second kappa shape index (κ2) is 7.12. The zero-order valence-corrected chi connectivity index (χ0v) is 16.0. The number of nitrogens with one attached hydrogen (secondary N) is 1. The summed E-state index contributed by atoms with van der Waals surface area (Å²) >= 11 is 1.58. The minimum absolute atomic E-state index is 0.0232. The van der Waals surface area contributed by atoms with Gasteiger partial charge in [0.1, 0.15) is 11.4 Å². The van der Waals surface area contributed by atoms with Crippen LogP contribution in [0.15, 0.2) is 53.4 Å². The zero-order valence-electron chi connectivity index (χ0n) is 15.2. The van der Waals surface area contributed by atoms with Crippen LogP contribution in [0.25, 0.3) is 0 Å². The van der Waals surface area contributed by atoms with Crippen LogP contribution in [0.3, 0.4) is 0 Å². The first kappa shape index (κ1) is 17.9. The van der Waals surface area contributed by atoms with E-state index in [0.717, 1.165) is 22.6 Å². The van der Waals surface area contributed by atoms with E-state index in [9.17, 15) is 4.79 Å². The fourth-order valence-electron chi connectivity index (χ4n) is 3.15. The Labute approximate surface area is 154 Å². The molecule has 0 bridgehead atoms. The van der Waals surface area contributed by atoms with Crippen molar-refractivity contribution < 1.29 is 9.53 Å². The van der Waals surface area contributed by atoms with Crippen molar-refractivity contribution >= 4 is 17.7 Å². The lowest BCUT2D eigenvalue weighted by Gasteiger charge is -2.38. The molecular formula is C21H25NO2S. The molecule has 1 aliphatic rings. The first-order valence-electron chi connectivity index (χ1n) is 8.66. The third kappa shape index (κ3) is 4.37. The van der Waals surface area contributed by atoms with E-state index >= 15 is 0 Å². The van der Waals surface area contributed by atoms with Crippen molar-refractivity contribution in [2.24, 2.45) is 0 Å². The fourth-order valence-corrected chi connectivity index (χ4v) is 4.05. The number of hydrogen-bond acceptors (Lipinski definition) is 3. The summed E-state index contributed by atoms with van der Waals surface area (Å²) in [6, 6.07) is 16.2. The topological polar surface area (TPSA) is 38.3 Å². The maximum atomic E-state index is 12.7. The highest BCUT2D eigenvalue weighted by Crippen LogP contribution is 2.40. The molecule has 2 aromatic carbocycles. The Balaban J connectivity index is 1.75. The number of benzene rings is 2. The second-order valence-corrected chi connectivity index (χ2v) is 8.66. The van der Waals surface area contributed by atoms with Gasteiger partial charge in [-0.15, -0.1) is 11.8 Å². The summed E-state index contributed by atoms with van der Waals surface area (Å²) in [4.78, 5) is 13.9. The number of amides is 1. The number of thioether (sulfide) groups is 1. The Kier molecular flexibility index (Phi) is 5.09. The van der Waals surface area contributed by atoms with Gasteiger partial charge < -0.3 is 10.1 Å². The highest BCUT2D eigenvalue weighted by Gasteiger charge is 2.35. The van der Waals surface area contributed by atoms with Gasteiger partial charge in [-0.05, 0) is 45.9 Å². The van der Waals surface area contributed by atoms with E-state index in [-0.39, 0.29) is 22.8 Å². The molecule has 25 heavy (non-hydrogen) atoms. The summed E-state index contributed by atoms with van der Waals surface area (Å²) < 4.78 is 6.09. The van der Waals surface area contributed by atoms with E-state index in [2.05, 4.69) is 32.2 Å². The lowest BCUT2D eigenvalue weighted by atomic mass is 9.89. The molecule has 0 unspecified atom stereocenters. The van der Waals surface area contributed by atoms with Crippen molar-refractivity contribution in [2.75, 3.05) is 0 Å². The number of fused-ring (bicyclic) bond motifs is 1. The number of carbonyl (C=O) groups is 1. The van der Waals surface area contributed by atoms with Crippen LogP contribution in [-0.2, 0) is 4.79 Å². The average molecular weight is 356 g/mol. The van der Waals surface area contributed by atoms with Gasteiger partial charge in [-0.3, -0.25) is 4.79 Å². The van der Waals surface area contributed by atoms with Crippen molar-refractivity contribution in [3.8, 4) is 5.75 Å². The van der Waals surface area contributed by atoms with Gasteiger partial charge in [0.2, 0.25) is 5.91 Å².